The van der Waals surface area contributed by atoms with Crippen molar-refractivity contribution in [2.45, 2.75) is 13.2 Å². The molecule has 120 valence electrons. The van der Waals surface area contributed by atoms with Gasteiger partial charge in [-0.05, 0) is 17.7 Å². The smallest absolute Gasteiger partial charge is 0.411 e. The Balaban J connectivity index is 1.43. The molecule has 24 heavy (non-hydrogen) atoms. The molecule has 0 unspecified atom stereocenters. The summed E-state index contributed by atoms with van der Waals surface area (Å²) in [6.45, 7) is 0.633. The summed E-state index contributed by atoms with van der Waals surface area (Å²) in [6.07, 6.45) is 3.12. The third kappa shape index (κ3) is 2.81. The van der Waals surface area contributed by atoms with Gasteiger partial charge in [0.15, 0.2) is 5.82 Å². The van der Waals surface area contributed by atoms with Crippen molar-refractivity contribution >= 4 is 11.8 Å². The maximum absolute atomic E-state index is 11.9. The van der Waals surface area contributed by atoms with Crippen LogP contribution in [-0.2, 0) is 18.0 Å². The molecule has 6 nitrogen and oxygen atoms in total. The number of nitrogens with zero attached hydrogens (tertiary/aromatic N) is 2. The molecule has 0 aliphatic carbocycles. The predicted molar refractivity (Wildman–Crippen MR) is 88.1 cm³/mol. The van der Waals surface area contributed by atoms with Crippen molar-refractivity contribution in [3.05, 3.63) is 72.3 Å². The number of ether oxygens (including phenoxy) is 2. The molecule has 2 aromatic carbocycles. The van der Waals surface area contributed by atoms with Crippen LogP contribution in [0.1, 0.15) is 11.4 Å². The summed E-state index contributed by atoms with van der Waals surface area (Å²) in [4.78, 5) is 16.1. The summed E-state index contributed by atoms with van der Waals surface area (Å²) in [7, 11) is 0. The van der Waals surface area contributed by atoms with E-state index in [4.69, 9.17) is 9.47 Å². The number of imidazole rings is 1. The fraction of sp³-hybridized carbons (Fsp3) is 0.111. The summed E-state index contributed by atoms with van der Waals surface area (Å²) in [5, 5.41) is 2.71. The summed E-state index contributed by atoms with van der Waals surface area (Å²) < 4.78 is 12.9. The molecule has 1 aliphatic rings. The second kappa shape index (κ2) is 6.08. The highest BCUT2D eigenvalue weighted by Gasteiger charge is 2.17. The minimum atomic E-state index is -0.502. The second-order valence-corrected chi connectivity index (χ2v) is 5.37. The minimum absolute atomic E-state index is 0.229. The number of amides is 1. The maximum Gasteiger partial charge on any atom is 0.411 e. The first kappa shape index (κ1) is 14.3. The summed E-state index contributed by atoms with van der Waals surface area (Å²) >= 11 is 0. The Kier molecular flexibility index (Phi) is 3.63. The van der Waals surface area contributed by atoms with Gasteiger partial charge in [-0.3, -0.25) is 9.88 Å². The zero-order valence-corrected chi connectivity index (χ0v) is 12.8. The number of carbonyl (C=O) groups excluding carboxylic acids is 1. The van der Waals surface area contributed by atoms with Crippen LogP contribution in [-0.4, -0.2) is 15.6 Å². The van der Waals surface area contributed by atoms with E-state index < -0.39 is 6.09 Å². The van der Waals surface area contributed by atoms with E-state index in [2.05, 4.69) is 10.3 Å². The standard InChI is InChI=1S/C18H15N3O3/c22-18(24-11-13-4-2-1-3-5-13)20-14-6-7-15-16(10-14)23-12-17-19-8-9-21(15)17/h1-10H,11-12H2,(H,20,22). The summed E-state index contributed by atoms with van der Waals surface area (Å²) in [5.74, 6) is 1.55. The number of rotatable bonds is 3. The number of hydrogen-bond acceptors (Lipinski definition) is 4. The fourth-order valence-corrected chi connectivity index (χ4v) is 2.59. The highest BCUT2D eigenvalue weighted by molar-refractivity contribution is 5.85. The van der Waals surface area contributed by atoms with Crippen molar-refractivity contribution in [2.75, 3.05) is 5.32 Å². The predicted octanol–water partition coefficient (Wildman–Crippen LogP) is 3.51. The number of anilines is 1. The van der Waals surface area contributed by atoms with Crippen LogP contribution < -0.4 is 10.1 Å². The van der Waals surface area contributed by atoms with Crippen LogP contribution in [0.3, 0.4) is 0 Å². The van der Waals surface area contributed by atoms with Gasteiger partial charge >= 0.3 is 6.09 Å². The van der Waals surface area contributed by atoms with E-state index in [1.165, 1.54) is 0 Å². The lowest BCUT2D eigenvalue weighted by Crippen LogP contribution is -2.15. The van der Waals surface area contributed by atoms with Crippen molar-refractivity contribution in [1.29, 1.82) is 0 Å². The second-order valence-electron chi connectivity index (χ2n) is 5.37. The van der Waals surface area contributed by atoms with Crippen LogP contribution in [0.4, 0.5) is 10.5 Å². The Morgan fingerprint density at radius 1 is 1.25 bits per heavy atom. The van der Waals surface area contributed by atoms with Gasteiger partial charge in [-0.1, -0.05) is 30.3 Å². The van der Waals surface area contributed by atoms with Crippen molar-refractivity contribution in [1.82, 2.24) is 9.55 Å². The molecule has 0 saturated carbocycles. The van der Waals surface area contributed by atoms with Gasteiger partial charge < -0.3 is 9.47 Å². The van der Waals surface area contributed by atoms with Crippen molar-refractivity contribution in [3.63, 3.8) is 0 Å². The third-order valence-electron chi connectivity index (χ3n) is 3.75. The largest absolute Gasteiger partial charge is 0.483 e. The first-order chi connectivity index (χ1) is 11.8. The zero-order valence-electron chi connectivity index (χ0n) is 12.8. The molecule has 1 N–H and O–H groups in total. The summed E-state index contributed by atoms with van der Waals surface area (Å²) in [5.41, 5.74) is 2.46. The Labute approximate surface area is 138 Å². The van der Waals surface area contributed by atoms with Crippen LogP contribution in [0.25, 0.3) is 5.69 Å². The first-order valence-electron chi connectivity index (χ1n) is 7.57. The van der Waals surface area contributed by atoms with Gasteiger partial charge in [0.2, 0.25) is 0 Å². The molecule has 1 aliphatic heterocycles. The van der Waals surface area contributed by atoms with Crippen molar-refractivity contribution < 1.29 is 14.3 Å². The zero-order chi connectivity index (χ0) is 16.4. The van der Waals surface area contributed by atoms with Crippen LogP contribution in [0.5, 0.6) is 5.75 Å². The van der Waals surface area contributed by atoms with Gasteiger partial charge in [0, 0.05) is 24.1 Å². The Hall–Kier alpha value is -3.28. The molecule has 1 amide bonds. The van der Waals surface area contributed by atoms with Gasteiger partial charge in [0.25, 0.3) is 0 Å². The van der Waals surface area contributed by atoms with E-state index in [9.17, 15) is 4.79 Å². The molecular weight excluding hydrogens is 306 g/mol. The van der Waals surface area contributed by atoms with E-state index in [1.54, 1.807) is 18.3 Å². The molecule has 0 spiro atoms. The molecule has 4 rings (SSSR count). The van der Waals surface area contributed by atoms with Gasteiger partial charge in [-0.25, -0.2) is 9.78 Å². The number of carbonyl (C=O) groups is 1. The minimum Gasteiger partial charge on any atom is -0.483 e. The molecule has 6 heteroatoms. The van der Waals surface area contributed by atoms with Crippen molar-refractivity contribution in [2.24, 2.45) is 0 Å². The van der Waals surface area contributed by atoms with Gasteiger partial charge in [0.1, 0.15) is 19.0 Å². The molecule has 0 saturated heterocycles. The number of nitrogens with one attached hydrogen (secondary N) is 1. The van der Waals surface area contributed by atoms with Gasteiger partial charge in [0.05, 0.1) is 5.69 Å². The Bertz CT molecular complexity index is 874. The lowest BCUT2D eigenvalue weighted by atomic mass is 10.2. The quantitative estimate of drug-likeness (QED) is 0.801. The molecule has 0 atom stereocenters. The number of benzene rings is 2. The molecular formula is C18H15N3O3. The average Bonchev–Trinajstić information content (AvgIpc) is 3.10. The summed E-state index contributed by atoms with van der Waals surface area (Å²) in [6, 6.07) is 15.0. The topological polar surface area (TPSA) is 65.4 Å². The van der Waals surface area contributed by atoms with Crippen LogP contribution in [0, 0.1) is 0 Å². The Morgan fingerprint density at radius 3 is 3.00 bits per heavy atom. The fourth-order valence-electron chi connectivity index (χ4n) is 2.59. The van der Waals surface area contributed by atoms with Crippen LogP contribution in [0.2, 0.25) is 0 Å². The molecule has 1 aromatic heterocycles. The third-order valence-corrected chi connectivity index (χ3v) is 3.75. The van der Waals surface area contributed by atoms with Gasteiger partial charge in [-0.15, -0.1) is 0 Å². The Morgan fingerprint density at radius 2 is 2.12 bits per heavy atom. The normalized spacial score (nSPS) is 11.8. The molecule has 3 aromatic rings. The lowest BCUT2D eigenvalue weighted by molar-refractivity contribution is 0.155. The molecule has 0 bridgehead atoms. The van der Waals surface area contributed by atoms with Gasteiger partial charge in [-0.2, -0.15) is 0 Å². The van der Waals surface area contributed by atoms with Crippen LogP contribution >= 0.6 is 0 Å². The van der Waals surface area contributed by atoms with E-state index in [0.29, 0.717) is 18.0 Å². The molecule has 2 heterocycles. The van der Waals surface area contributed by atoms with Crippen molar-refractivity contribution in [3.8, 4) is 11.4 Å². The maximum atomic E-state index is 11.9. The SMILES string of the molecule is O=C(Nc1ccc2c(c1)OCc1nccn1-2)OCc1ccccc1. The van der Waals surface area contributed by atoms with E-state index in [0.717, 1.165) is 17.1 Å². The molecule has 0 radical (unpaired) electrons. The number of hydrogen-bond donors (Lipinski definition) is 1. The number of aromatic nitrogens is 2. The van der Waals surface area contributed by atoms with E-state index >= 15 is 0 Å². The lowest BCUT2D eigenvalue weighted by Gasteiger charge is -2.20. The highest BCUT2D eigenvalue weighted by Crippen LogP contribution is 2.31. The highest BCUT2D eigenvalue weighted by atomic mass is 16.5. The monoisotopic (exact) mass is 321 g/mol. The van der Waals surface area contributed by atoms with E-state index in [-0.39, 0.29) is 6.61 Å². The van der Waals surface area contributed by atoms with Crippen LogP contribution in [0.15, 0.2) is 60.9 Å². The number of fused-ring (bicyclic) bond motifs is 3. The first-order valence-corrected chi connectivity index (χ1v) is 7.57. The average molecular weight is 321 g/mol. The van der Waals surface area contributed by atoms with E-state index in [1.807, 2.05) is 47.2 Å². The molecule has 0 fully saturated rings.